The fourth-order valence-electron chi connectivity index (χ4n) is 2.32. The summed E-state index contributed by atoms with van der Waals surface area (Å²) in [5.74, 6) is -3.52. The molecule has 0 aliphatic carbocycles. The largest absolute Gasteiger partial charge is 0.478 e. The maximum atomic E-state index is 10.2. The smallest absolute Gasteiger partial charge is 0.335 e. The van der Waals surface area contributed by atoms with Crippen molar-refractivity contribution in [1.29, 1.82) is 0 Å². The minimum absolute atomic E-state index is 0. The van der Waals surface area contributed by atoms with Crippen LogP contribution >= 0.6 is 0 Å². The van der Waals surface area contributed by atoms with E-state index in [2.05, 4.69) is 0 Å². The van der Waals surface area contributed by atoms with Gasteiger partial charge in [-0.1, -0.05) is 72.8 Å². The monoisotopic (exact) mass is 499 g/mol. The molecule has 0 aliphatic heterocycles. The molecule has 8 nitrogen and oxygen atoms in total. The molecular weight excluding hydrogens is 475 g/mol. The van der Waals surface area contributed by atoms with Crippen molar-refractivity contribution < 1.29 is 39.6 Å². The molecule has 0 saturated carbocycles. The summed E-state index contributed by atoms with van der Waals surface area (Å²) in [5.41, 5.74) is 1.32. The van der Waals surface area contributed by atoms with Crippen LogP contribution in [0.25, 0.3) is 0 Å². The summed E-state index contributed by atoms with van der Waals surface area (Å²) in [6, 6.07) is 33.2. The van der Waals surface area contributed by atoms with Gasteiger partial charge in [0.25, 0.3) is 0 Å². The van der Waals surface area contributed by atoms with Crippen LogP contribution in [0.3, 0.4) is 0 Å². The first kappa shape index (κ1) is 31.8. The maximum Gasteiger partial charge on any atom is 0.335 e. The lowest BCUT2D eigenvalue weighted by Crippen LogP contribution is -1.93. The summed E-state index contributed by atoms with van der Waals surface area (Å²) < 4.78 is 0. The maximum absolute atomic E-state index is 10.2. The Balaban J connectivity index is 0.000000463. The zero-order valence-electron chi connectivity index (χ0n) is 19.5. The van der Waals surface area contributed by atoms with E-state index in [9.17, 15) is 19.2 Å². The third-order valence-electron chi connectivity index (χ3n) is 4.08. The number of carbonyl (C=O) groups is 4. The van der Waals surface area contributed by atoms with Gasteiger partial charge in [-0.3, -0.25) is 0 Å². The quantitative estimate of drug-likeness (QED) is 0.282. The number of aromatic carboxylic acids is 4. The van der Waals surface area contributed by atoms with E-state index in [0.29, 0.717) is 22.3 Å². The second kappa shape index (κ2) is 18.2. The van der Waals surface area contributed by atoms with Crippen molar-refractivity contribution in [3.63, 3.8) is 0 Å². The molecular formula is C28H24BO8. The summed E-state index contributed by atoms with van der Waals surface area (Å²) >= 11 is 0. The molecule has 187 valence electrons. The molecule has 4 aromatic rings. The van der Waals surface area contributed by atoms with E-state index in [-0.39, 0.29) is 8.41 Å². The Kier molecular flexibility index (Phi) is 15.6. The molecule has 4 rings (SSSR count). The minimum atomic E-state index is -0.879. The van der Waals surface area contributed by atoms with Gasteiger partial charge in [0, 0.05) is 8.41 Å². The molecule has 0 atom stereocenters. The lowest BCUT2D eigenvalue weighted by molar-refractivity contribution is 0.0686. The van der Waals surface area contributed by atoms with Gasteiger partial charge >= 0.3 is 23.9 Å². The topological polar surface area (TPSA) is 149 Å². The molecule has 9 heteroatoms. The van der Waals surface area contributed by atoms with Gasteiger partial charge in [-0.25, -0.2) is 19.2 Å². The predicted molar refractivity (Wildman–Crippen MR) is 139 cm³/mol. The van der Waals surface area contributed by atoms with E-state index < -0.39 is 23.9 Å². The Bertz CT molecular complexity index is 1020. The van der Waals surface area contributed by atoms with Crippen LogP contribution in [0.1, 0.15) is 41.4 Å². The molecule has 0 amide bonds. The number of carboxylic acid groups (broad SMARTS) is 4. The SMILES string of the molecule is O=C(O)c1ccccc1.O=C(O)c1ccccc1.O=C(O)c1ccccc1.O=C(O)c1ccccc1.[B]. The summed E-state index contributed by atoms with van der Waals surface area (Å²) in [5, 5.41) is 33.5. The second-order valence-corrected chi connectivity index (χ2v) is 6.68. The Morgan fingerprint density at radius 3 is 0.541 bits per heavy atom. The van der Waals surface area contributed by atoms with E-state index in [1.54, 1.807) is 121 Å². The van der Waals surface area contributed by atoms with E-state index in [4.69, 9.17) is 20.4 Å². The number of rotatable bonds is 4. The first-order chi connectivity index (χ1) is 17.2. The van der Waals surface area contributed by atoms with Crippen molar-refractivity contribution in [3.8, 4) is 0 Å². The van der Waals surface area contributed by atoms with E-state index >= 15 is 0 Å². The molecule has 0 saturated heterocycles. The van der Waals surface area contributed by atoms with Crippen molar-refractivity contribution >= 4 is 32.3 Å². The van der Waals surface area contributed by atoms with Crippen molar-refractivity contribution in [2.75, 3.05) is 0 Å². The molecule has 0 heterocycles. The highest BCUT2D eigenvalue weighted by Gasteiger charge is 1.98. The fraction of sp³-hybridized carbons (Fsp3) is 0. The Labute approximate surface area is 215 Å². The Hall–Kier alpha value is -5.18. The highest BCUT2D eigenvalue weighted by Crippen LogP contribution is 1.98. The summed E-state index contributed by atoms with van der Waals surface area (Å²) in [4.78, 5) is 40.8. The van der Waals surface area contributed by atoms with E-state index in [1.807, 2.05) is 0 Å². The second-order valence-electron chi connectivity index (χ2n) is 6.68. The van der Waals surface area contributed by atoms with E-state index in [1.165, 1.54) is 0 Å². The standard InChI is InChI=1S/4C7H6O2.B/c4*8-7(9)6-4-2-1-3-5-6;/h4*1-5H,(H,8,9);. The van der Waals surface area contributed by atoms with Gasteiger partial charge in [-0.05, 0) is 48.5 Å². The molecule has 3 radical (unpaired) electrons. The molecule has 0 aliphatic rings. The van der Waals surface area contributed by atoms with Gasteiger partial charge in [-0.15, -0.1) is 0 Å². The zero-order valence-corrected chi connectivity index (χ0v) is 19.5. The Morgan fingerprint density at radius 2 is 0.459 bits per heavy atom. The highest BCUT2D eigenvalue weighted by molar-refractivity contribution is 5.88. The van der Waals surface area contributed by atoms with E-state index in [0.717, 1.165) is 0 Å². The average molecular weight is 499 g/mol. The lowest BCUT2D eigenvalue weighted by atomic mass is 10.2. The van der Waals surface area contributed by atoms with Crippen LogP contribution in [-0.2, 0) is 0 Å². The lowest BCUT2D eigenvalue weighted by Gasteiger charge is -1.88. The zero-order chi connectivity index (χ0) is 26.8. The van der Waals surface area contributed by atoms with Crippen LogP contribution in [0.4, 0.5) is 0 Å². The van der Waals surface area contributed by atoms with Crippen molar-refractivity contribution in [2.24, 2.45) is 0 Å². The van der Waals surface area contributed by atoms with Crippen LogP contribution in [0, 0.1) is 0 Å². The van der Waals surface area contributed by atoms with Crippen molar-refractivity contribution in [2.45, 2.75) is 0 Å². The van der Waals surface area contributed by atoms with Crippen LogP contribution in [0.5, 0.6) is 0 Å². The van der Waals surface area contributed by atoms with Gasteiger partial charge in [0.15, 0.2) is 0 Å². The molecule has 37 heavy (non-hydrogen) atoms. The third-order valence-corrected chi connectivity index (χ3v) is 4.08. The van der Waals surface area contributed by atoms with Gasteiger partial charge in [0.2, 0.25) is 0 Å². The first-order valence-corrected chi connectivity index (χ1v) is 10.4. The number of hydrogen-bond donors (Lipinski definition) is 4. The van der Waals surface area contributed by atoms with Crippen LogP contribution < -0.4 is 0 Å². The summed E-state index contributed by atoms with van der Waals surface area (Å²) in [7, 11) is 0. The van der Waals surface area contributed by atoms with Crippen molar-refractivity contribution in [3.05, 3.63) is 144 Å². The molecule has 0 fully saturated rings. The van der Waals surface area contributed by atoms with Crippen LogP contribution in [-0.4, -0.2) is 52.7 Å². The molecule has 4 aromatic carbocycles. The summed E-state index contributed by atoms with van der Waals surface area (Å²) in [6.07, 6.45) is 0. The summed E-state index contributed by atoms with van der Waals surface area (Å²) in [6.45, 7) is 0. The Morgan fingerprint density at radius 1 is 0.324 bits per heavy atom. The van der Waals surface area contributed by atoms with Gasteiger partial charge < -0.3 is 20.4 Å². The highest BCUT2D eigenvalue weighted by atomic mass is 16.4. The number of benzene rings is 4. The number of carboxylic acids is 4. The minimum Gasteiger partial charge on any atom is -0.478 e. The molecule has 0 spiro atoms. The van der Waals surface area contributed by atoms with Gasteiger partial charge in [-0.2, -0.15) is 0 Å². The third kappa shape index (κ3) is 14.0. The van der Waals surface area contributed by atoms with Crippen LogP contribution in [0.2, 0.25) is 0 Å². The predicted octanol–water partition coefficient (Wildman–Crippen LogP) is 5.16. The van der Waals surface area contributed by atoms with Crippen molar-refractivity contribution in [1.82, 2.24) is 0 Å². The van der Waals surface area contributed by atoms with Gasteiger partial charge in [0.1, 0.15) is 0 Å². The average Bonchev–Trinajstić information content (AvgIpc) is 2.92. The molecule has 4 N–H and O–H groups in total. The van der Waals surface area contributed by atoms with Crippen LogP contribution in [0.15, 0.2) is 121 Å². The van der Waals surface area contributed by atoms with Gasteiger partial charge in [0.05, 0.1) is 22.3 Å². The fourth-order valence-corrected chi connectivity index (χ4v) is 2.32. The molecule has 0 aromatic heterocycles. The first-order valence-electron chi connectivity index (χ1n) is 10.4. The normalized spacial score (nSPS) is 8.65. The number of hydrogen-bond acceptors (Lipinski definition) is 4. The molecule has 0 unspecified atom stereocenters. The molecule has 0 bridgehead atoms.